The molecule has 1 aromatic rings. The van der Waals surface area contributed by atoms with Crippen LogP contribution in [0.3, 0.4) is 0 Å². The summed E-state index contributed by atoms with van der Waals surface area (Å²) in [5.41, 5.74) is 5.42. The van der Waals surface area contributed by atoms with Crippen LogP contribution in [0.4, 0.5) is 5.69 Å². The maximum atomic E-state index is 11.3. The minimum Gasteiger partial charge on any atom is -0.376 e. The molecule has 4 heteroatoms. The number of carbonyl (C=O) groups is 1. The summed E-state index contributed by atoms with van der Waals surface area (Å²) in [7, 11) is 0. The van der Waals surface area contributed by atoms with E-state index in [4.69, 9.17) is 11.3 Å². The van der Waals surface area contributed by atoms with Gasteiger partial charge in [0.05, 0.1) is 6.54 Å². The molecule has 0 aliphatic heterocycles. The first kappa shape index (κ1) is 13.1. The zero-order chi connectivity index (χ0) is 12.7. The van der Waals surface area contributed by atoms with Gasteiger partial charge in [0.15, 0.2) is 0 Å². The maximum Gasteiger partial charge on any atom is 0.262 e. The quantitative estimate of drug-likeness (QED) is 0.458. The second kappa shape index (κ2) is 6.56. The van der Waals surface area contributed by atoms with E-state index in [9.17, 15) is 4.79 Å². The lowest BCUT2D eigenvalue weighted by molar-refractivity contribution is -0.130. The number of nitrogens with one attached hydrogen (secondary N) is 2. The molecule has 1 amide bonds. The average molecular weight is 232 g/mol. The minimum absolute atomic E-state index is 0.0646. The average Bonchev–Trinajstić information content (AvgIpc) is 2.29. The summed E-state index contributed by atoms with van der Waals surface area (Å²) in [6.45, 7) is 4.19. The molecule has 0 saturated heterocycles. The lowest BCUT2D eigenvalue weighted by atomic mass is 10.1. The molecule has 0 radical (unpaired) electrons. The molecule has 0 fully saturated rings. The molecule has 4 nitrogen and oxygen atoms in total. The summed E-state index contributed by atoms with van der Waals surface area (Å²) in [6.07, 6.45) is 4.98. The van der Waals surface area contributed by atoms with Crippen molar-refractivity contribution in [2.75, 3.05) is 18.5 Å². The van der Waals surface area contributed by atoms with Gasteiger partial charge in [-0.05, 0) is 25.0 Å². The number of benzene rings is 1. The molecule has 17 heavy (non-hydrogen) atoms. The normalized spacial score (nSPS) is 9.47. The van der Waals surface area contributed by atoms with Crippen molar-refractivity contribution in [2.24, 2.45) is 0 Å². The van der Waals surface area contributed by atoms with Gasteiger partial charge in [-0.1, -0.05) is 24.1 Å². The standard InChI is InChI=1S/C13H16N2O2/c1-4-8-17-15-12(16)9-14-13-10(2)6-5-7-11(13)3/h1,5-7,14H,8-9H2,2-3H3,(H,15,16). The Bertz CT molecular complexity index is 415. The molecule has 0 aliphatic carbocycles. The van der Waals surface area contributed by atoms with Crippen LogP contribution >= 0.6 is 0 Å². The highest BCUT2D eigenvalue weighted by molar-refractivity contribution is 5.80. The zero-order valence-electron chi connectivity index (χ0n) is 10.0. The first-order valence-electron chi connectivity index (χ1n) is 5.29. The maximum absolute atomic E-state index is 11.3. The first-order chi connectivity index (χ1) is 8.15. The summed E-state index contributed by atoms with van der Waals surface area (Å²) in [5.74, 6) is 2.00. The first-order valence-corrected chi connectivity index (χ1v) is 5.29. The third-order valence-electron chi connectivity index (χ3n) is 2.25. The van der Waals surface area contributed by atoms with Gasteiger partial charge >= 0.3 is 0 Å². The van der Waals surface area contributed by atoms with Crippen molar-refractivity contribution in [2.45, 2.75) is 13.8 Å². The van der Waals surface area contributed by atoms with Crippen molar-refractivity contribution < 1.29 is 9.63 Å². The van der Waals surface area contributed by atoms with Crippen LogP contribution in [-0.4, -0.2) is 19.1 Å². The molecular weight excluding hydrogens is 216 g/mol. The van der Waals surface area contributed by atoms with Crippen LogP contribution in [0.5, 0.6) is 0 Å². The van der Waals surface area contributed by atoms with Gasteiger partial charge in [-0.3, -0.25) is 9.63 Å². The highest BCUT2D eigenvalue weighted by Gasteiger charge is 2.04. The van der Waals surface area contributed by atoms with Crippen LogP contribution < -0.4 is 10.8 Å². The Hall–Kier alpha value is -1.99. The molecule has 0 unspecified atom stereocenters. The van der Waals surface area contributed by atoms with Crippen LogP contribution in [0.2, 0.25) is 0 Å². The molecule has 0 heterocycles. The van der Waals surface area contributed by atoms with Crippen molar-refractivity contribution in [3.8, 4) is 12.3 Å². The third-order valence-corrected chi connectivity index (χ3v) is 2.25. The largest absolute Gasteiger partial charge is 0.376 e. The SMILES string of the molecule is C#CCONC(=O)CNc1c(C)cccc1C. The van der Waals surface area contributed by atoms with E-state index in [1.54, 1.807) is 0 Å². The van der Waals surface area contributed by atoms with Gasteiger partial charge < -0.3 is 5.32 Å². The topological polar surface area (TPSA) is 50.4 Å². The highest BCUT2D eigenvalue weighted by atomic mass is 16.6. The smallest absolute Gasteiger partial charge is 0.262 e. The van der Waals surface area contributed by atoms with E-state index in [1.165, 1.54) is 0 Å². The molecule has 0 bridgehead atoms. The highest BCUT2D eigenvalue weighted by Crippen LogP contribution is 2.18. The minimum atomic E-state index is -0.261. The summed E-state index contributed by atoms with van der Waals surface area (Å²) in [4.78, 5) is 16.1. The van der Waals surface area contributed by atoms with Crippen molar-refractivity contribution in [3.05, 3.63) is 29.3 Å². The Balaban J connectivity index is 2.45. The molecule has 0 saturated carbocycles. The summed E-state index contributed by atoms with van der Waals surface area (Å²) in [6, 6.07) is 5.95. The molecule has 0 aliphatic rings. The Morgan fingerprint density at radius 2 is 2.06 bits per heavy atom. The monoisotopic (exact) mass is 232 g/mol. The predicted octanol–water partition coefficient (Wildman–Crippen LogP) is 1.40. The van der Waals surface area contributed by atoms with E-state index in [0.717, 1.165) is 16.8 Å². The summed E-state index contributed by atoms with van der Waals surface area (Å²) >= 11 is 0. The van der Waals surface area contributed by atoms with Crippen LogP contribution in [0, 0.1) is 26.2 Å². The van der Waals surface area contributed by atoms with Crippen molar-refractivity contribution in [3.63, 3.8) is 0 Å². The number of hydroxylamine groups is 1. The van der Waals surface area contributed by atoms with Gasteiger partial charge in [0.2, 0.25) is 0 Å². The van der Waals surface area contributed by atoms with Crippen molar-refractivity contribution in [1.29, 1.82) is 0 Å². The van der Waals surface area contributed by atoms with E-state index >= 15 is 0 Å². The molecule has 1 aromatic carbocycles. The predicted molar refractivity (Wildman–Crippen MR) is 67.3 cm³/mol. The second-order valence-electron chi connectivity index (χ2n) is 3.64. The van der Waals surface area contributed by atoms with E-state index in [2.05, 4.69) is 16.7 Å². The zero-order valence-corrected chi connectivity index (χ0v) is 10.0. The van der Waals surface area contributed by atoms with E-state index < -0.39 is 0 Å². The Labute approximate surface area is 101 Å². The third kappa shape index (κ3) is 4.17. The number of hydrogen-bond donors (Lipinski definition) is 2. The van der Waals surface area contributed by atoms with Crippen molar-refractivity contribution in [1.82, 2.24) is 5.48 Å². The van der Waals surface area contributed by atoms with Crippen LogP contribution in [0.15, 0.2) is 18.2 Å². The van der Waals surface area contributed by atoms with Crippen molar-refractivity contribution >= 4 is 11.6 Å². The number of para-hydroxylation sites is 1. The molecule has 2 N–H and O–H groups in total. The van der Waals surface area contributed by atoms with Gasteiger partial charge in [0, 0.05) is 5.69 Å². The Morgan fingerprint density at radius 1 is 1.41 bits per heavy atom. The van der Waals surface area contributed by atoms with Crippen LogP contribution in [0.1, 0.15) is 11.1 Å². The second-order valence-corrected chi connectivity index (χ2v) is 3.64. The van der Waals surface area contributed by atoms with E-state index in [1.807, 2.05) is 32.0 Å². The lowest BCUT2D eigenvalue weighted by Crippen LogP contribution is -2.30. The van der Waals surface area contributed by atoms with Gasteiger partial charge in [0.1, 0.15) is 6.61 Å². The number of rotatable bonds is 5. The summed E-state index contributed by atoms with van der Waals surface area (Å²) in [5, 5.41) is 3.06. The van der Waals surface area contributed by atoms with Crippen LogP contribution in [-0.2, 0) is 9.63 Å². The number of amides is 1. The Morgan fingerprint density at radius 3 is 2.65 bits per heavy atom. The van der Waals surface area contributed by atoms with Gasteiger partial charge in [-0.2, -0.15) is 0 Å². The fourth-order valence-electron chi connectivity index (χ4n) is 1.46. The fourth-order valence-corrected chi connectivity index (χ4v) is 1.46. The van der Waals surface area contributed by atoms with Gasteiger partial charge in [-0.25, -0.2) is 5.48 Å². The lowest BCUT2D eigenvalue weighted by Gasteiger charge is -2.12. The molecule has 0 atom stereocenters. The van der Waals surface area contributed by atoms with E-state index in [0.29, 0.717) is 0 Å². The Kier molecular flexibility index (Phi) is 5.05. The molecule has 1 rings (SSSR count). The molecule has 90 valence electrons. The van der Waals surface area contributed by atoms with E-state index in [-0.39, 0.29) is 19.1 Å². The molecule has 0 aromatic heterocycles. The number of carbonyl (C=O) groups excluding carboxylic acids is 1. The van der Waals surface area contributed by atoms with Crippen LogP contribution in [0.25, 0.3) is 0 Å². The number of terminal acetylenes is 1. The summed E-state index contributed by atoms with van der Waals surface area (Å²) < 4.78 is 0. The number of hydrogen-bond acceptors (Lipinski definition) is 3. The molecule has 0 spiro atoms. The molecular formula is C13H16N2O2. The number of anilines is 1. The van der Waals surface area contributed by atoms with Gasteiger partial charge in [0.25, 0.3) is 5.91 Å². The fraction of sp³-hybridized carbons (Fsp3) is 0.308. The number of aryl methyl sites for hydroxylation is 2. The van der Waals surface area contributed by atoms with Gasteiger partial charge in [-0.15, -0.1) is 6.42 Å².